The summed E-state index contributed by atoms with van der Waals surface area (Å²) in [4.78, 5) is 29.1. The summed E-state index contributed by atoms with van der Waals surface area (Å²) in [6.45, 7) is 2.28. The summed E-state index contributed by atoms with van der Waals surface area (Å²) in [6.07, 6.45) is 0.135. The summed E-state index contributed by atoms with van der Waals surface area (Å²) < 4.78 is 10.7. The van der Waals surface area contributed by atoms with E-state index in [-0.39, 0.29) is 18.2 Å². The molecular formula is C23H29N3O4. The van der Waals surface area contributed by atoms with Gasteiger partial charge in [0.05, 0.1) is 26.7 Å². The van der Waals surface area contributed by atoms with E-state index >= 15 is 0 Å². The lowest BCUT2D eigenvalue weighted by Gasteiger charge is -2.35. The van der Waals surface area contributed by atoms with Gasteiger partial charge >= 0.3 is 0 Å². The molecule has 0 saturated carbocycles. The summed E-state index contributed by atoms with van der Waals surface area (Å²) in [7, 11) is 4.99. The summed E-state index contributed by atoms with van der Waals surface area (Å²) in [6, 6.07) is 15.0. The second kappa shape index (κ2) is 10.1. The highest BCUT2D eigenvalue weighted by Crippen LogP contribution is 2.25. The Morgan fingerprint density at radius 3 is 2.40 bits per heavy atom. The molecule has 2 amide bonds. The summed E-state index contributed by atoms with van der Waals surface area (Å²) >= 11 is 0. The fourth-order valence-corrected chi connectivity index (χ4v) is 3.63. The Morgan fingerprint density at radius 2 is 1.77 bits per heavy atom. The molecular weight excluding hydrogens is 382 g/mol. The molecule has 2 aromatic rings. The average molecular weight is 412 g/mol. The van der Waals surface area contributed by atoms with Crippen molar-refractivity contribution in [1.29, 1.82) is 0 Å². The number of hydrogen-bond acceptors (Lipinski definition) is 5. The number of ether oxygens (including phenoxy) is 2. The minimum absolute atomic E-state index is 0.0610. The van der Waals surface area contributed by atoms with Crippen molar-refractivity contribution in [3.8, 4) is 11.5 Å². The van der Waals surface area contributed by atoms with E-state index in [1.54, 1.807) is 26.2 Å². The number of nitrogens with zero attached hydrogens (tertiary/aromatic N) is 2. The molecule has 0 aliphatic carbocycles. The third-order valence-electron chi connectivity index (χ3n) is 5.29. The van der Waals surface area contributed by atoms with E-state index in [2.05, 4.69) is 5.32 Å². The molecule has 1 aliphatic rings. The molecule has 30 heavy (non-hydrogen) atoms. The van der Waals surface area contributed by atoms with Gasteiger partial charge in [0.1, 0.15) is 11.5 Å². The first-order valence-electron chi connectivity index (χ1n) is 10.0. The van der Waals surface area contributed by atoms with E-state index in [9.17, 15) is 9.59 Å². The minimum Gasteiger partial charge on any atom is -0.497 e. The Bertz CT molecular complexity index is 850. The smallest absolute Gasteiger partial charge is 0.237 e. The third kappa shape index (κ3) is 5.51. The van der Waals surface area contributed by atoms with Gasteiger partial charge in [0.15, 0.2) is 0 Å². The highest BCUT2D eigenvalue weighted by atomic mass is 16.5. The van der Waals surface area contributed by atoms with Gasteiger partial charge < -0.3 is 19.7 Å². The van der Waals surface area contributed by atoms with Crippen LogP contribution in [-0.4, -0.2) is 62.0 Å². The first-order valence-corrected chi connectivity index (χ1v) is 10.0. The monoisotopic (exact) mass is 411 g/mol. The van der Waals surface area contributed by atoms with Crippen LogP contribution in [0.3, 0.4) is 0 Å². The molecule has 2 aromatic carbocycles. The lowest BCUT2D eigenvalue weighted by Crippen LogP contribution is -2.56. The molecule has 3 rings (SSSR count). The van der Waals surface area contributed by atoms with Crippen molar-refractivity contribution in [2.45, 2.75) is 25.6 Å². The van der Waals surface area contributed by atoms with Crippen LogP contribution in [0.2, 0.25) is 0 Å². The molecule has 0 radical (unpaired) electrons. The summed E-state index contributed by atoms with van der Waals surface area (Å²) in [5.74, 6) is 1.22. The van der Waals surface area contributed by atoms with E-state index < -0.39 is 6.04 Å². The zero-order valence-electron chi connectivity index (χ0n) is 17.8. The van der Waals surface area contributed by atoms with Gasteiger partial charge in [0, 0.05) is 39.3 Å². The van der Waals surface area contributed by atoms with Gasteiger partial charge in [-0.3, -0.25) is 14.5 Å². The number of piperazine rings is 1. The van der Waals surface area contributed by atoms with Crippen LogP contribution in [0.5, 0.6) is 11.5 Å². The van der Waals surface area contributed by atoms with Crippen LogP contribution in [0, 0.1) is 0 Å². The number of benzene rings is 2. The average Bonchev–Trinajstić information content (AvgIpc) is 2.76. The Morgan fingerprint density at radius 1 is 1.10 bits per heavy atom. The number of nitrogens with one attached hydrogen (secondary N) is 1. The van der Waals surface area contributed by atoms with Crippen LogP contribution < -0.4 is 14.8 Å². The molecule has 1 aliphatic heterocycles. The molecule has 1 saturated heterocycles. The van der Waals surface area contributed by atoms with Crippen molar-refractivity contribution >= 4 is 11.8 Å². The Balaban J connectivity index is 1.70. The molecule has 1 fully saturated rings. The molecule has 7 nitrogen and oxygen atoms in total. The largest absolute Gasteiger partial charge is 0.497 e. The number of carbonyl (C=O) groups excluding carboxylic acids is 2. The second-order valence-corrected chi connectivity index (χ2v) is 7.44. The van der Waals surface area contributed by atoms with Crippen LogP contribution in [0.1, 0.15) is 17.5 Å². The lowest BCUT2D eigenvalue weighted by molar-refractivity contribution is -0.138. The SMILES string of the molecule is COc1cc(CN2CCNC(=O)[C@@H]2CC(=O)N(C)Cc2ccccc2)cc(OC)c1. The molecule has 1 N–H and O–H groups in total. The first kappa shape index (κ1) is 21.6. The van der Waals surface area contributed by atoms with Crippen LogP contribution in [0.25, 0.3) is 0 Å². The van der Waals surface area contributed by atoms with Crippen molar-refractivity contribution in [3.63, 3.8) is 0 Å². The van der Waals surface area contributed by atoms with Crippen molar-refractivity contribution in [1.82, 2.24) is 15.1 Å². The van der Waals surface area contributed by atoms with Gasteiger partial charge in [-0.25, -0.2) is 0 Å². The number of hydrogen-bond donors (Lipinski definition) is 1. The van der Waals surface area contributed by atoms with Gasteiger partial charge in [-0.15, -0.1) is 0 Å². The van der Waals surface area contributed by atoms with E-state index in [0.29, 0.717) is 37.7 Å². The number of rotatable bonds is 8. The standard InChI is InChI=1S/C23H29N3O4/c1-25(15-17-7-5-4-6-8-17)22(27)14-21-23(28)24-9-10-26(21)16-18-11-19(29-2)13-20(12-18)30-3/h4-8,11-13,21H,9-10,14-16H2,1-3H3,(H,24,28)/t21-/m0/s1. The fraction of sp³-hybridized carbons (Fsp3) is 0.391. The van der Waals surface area contributed by atoms with E-state index in [1.165, 1.54) is 0 Å². The predicted octanol–water partition coefficient (Wildman–Crippen LogP) is 2.05. The normalized spacial score (nSPS) is 16.6. The van der Waals surface area contributed by atoms with Crippen molar-refractivity contribution in [2.75, 3.05) is 34.4 Å². The molecule has 0 aromatic heterocycles. The van der Waals surface area contributed by atoms with E-state index in [0.717, 1.165) is 11.1 Å². The van der Waals surface area contributed by atoms with Gasteiger partial charge in [0.25, 0.3) is 0 Å². The van der Waals surface area contributed by atoms with E-state index in [1.807, 2.05) is 53.4 Å². The zero-order chi connectivity index (χ0) is 21.5. The first-order chi connectivity index (χ1) is 14.5. The summed E-state index contributed by atoms with van der Waals surface area (Å²) in [5.41, 5.74) is 2.03. The molecule has 0 unspecified atom stereocenters. The molecule has 1 atom stereocenters. The molecule has 0 spiro atoms. The number of carbonyl (C=O) groups is 2. The highest BCUT2D eigenvalue weighted by molar-refractivity contribution is 5.88. The third-order valence-corrected chi connectivity index (χ3v) is 5.29. The lowest BCUT2D eigenvalue weighted by atomic mass is 10.1. The highest BCUT2D eigenvalue weighted by Gasteiger charge is 2.32. The molecule has 1 heterocycles. The topological polar surface area (TPSA) is 71.1 Å². The van der Waals surface area contributed by atoms with Gasteiger partial charge in [-0.1, -0.05) is 30.3 Å². The van der Waals surface area contributed by atoms with Gasteiger partial charge in [-0.2, -0.15) is 0 Å². The Labute approximate surface area is 177 Å². The van der Waals surface area contributed by atoms with Crippen LogP contribution in [0.4, 0.5) is 0 Å². The fourth-order valence-electron chi connectivity index (χ4n) is 3.63. The molecule has 0 bridgehead atoms. The van der Waals surface area contributed by atoms with Crippen LogP contribution in [0.15, 0.2) is 48.5 Å². The maximum absolute atomic E-state index is 12.8. The second-order valence-electron chi connectivity index (χ2n) is 7.44. The number of amides is 2. The maximum Gasteiger partial charge on any atom is 0.237 e. The van der Waals surface area contributed by atoms with Gasteiger partial charge in [-0.05, 0) is 23.3 Å². The minimum atomic E-state index is -0.512. The van der Waals surface area contributed by atoms with Crippen molar-refractivity contribution in [3.05, 3.63) is 59.7 Å². The van der Waals surface area contributed by atoms with Gasteiger partial charge in [0.2, 0.25) is 11.8 Å². The van der Waals surface area contributed by atoms with Crippen molar-refractivity contribution in [2.24, 2.45) is 0 Å². The molecule has 160 valence electrons. The Hall–Kier alpha value is -3.06. The Kier molecular flexibility index (Phi) is 7.30. The van der Waals surface area contributed by atoms with E-state index in [4.69, 9.17) is 9.47 Å². The maximum atomic E-state index is 12.8. The van der Waals surface area contributed by atoms with Crippen LogP contribution in [-0.2, 0) is 22.7 Å². The van der Waals surface area contributed by atoms with Crippen molar-refractivity contribution < 1.29 is 19.1 Å². The predicted molar refractivity (Wildman–Crippen MR) is 114 cm³/mol. The van der Waals surface area contributed by atoms with Crippen LogP contribution >= 0.6 is 0 Å². The molecule has 7 heteroatoms. The quantitative estimate of drug-likeness (QED) is 0.720. The number of methoxy groups -OCH3 is 2. The summed E-state index contributed by atoms with van der Waals surface area (Å²) in [5, 5.41) is 2.89. The zero-order valence-corrected chi connectivity index (χ0v) is 17.8.